The van der Waals surface area contributed by atoms with Gasteiger partial charge in [-0.05, 0) is 25.5 Å². The van der Waals surface area contributed by atoms with Crippen molar-refractivity contribution in [2.45, 2.75) is 23.8 Å². The van der Waals surface area contributed by atoms with Crippen LogP contribution in [0.1, 0.15) is 13.3 Å². The van der Waals surface area contributed by atoms with Gasteiger partial charge in [0.15, 0.2) is 9.84 Å². The number of benzene rings is 1. The van der Waals surface area contributed by atoms with E-state index in [1.807, 2.05) is 0 Å². The van der Waals surface area contributed by atoms with E-state index >= 15 is 0 Å². The van der Waals surface area contributed by atoms with Gasteiger partial charge >= 0.3 is 0 Å². The Bertz CT molecular complexity index is 654. The molecule has 1 aromatic rings. The molecule has 1 unspecified atom stereocenters. The van der Waals surface area contributed by atoms with Gasteiger partial charge in [-0.1, -0.05) is 0 Å². The first kappa shape index (κ1) is 14.7. The van der Waals surface area contributed by atoms with E-state index in [2.05, 4.69) is 0 Å². The standard InChI is InChI=1S/C12H16N2O5S/c1-12(15)5-6-13(8-12)10-4-3-9(20(2,18)19)7-11(10)14(16)17/h3-4,7,15H,5-6,8H2,1-2H3. The number of sulfone groups is 1. The van der Waals surface area contributed by atoms with E-state index in [9.17, 15) is 23.6 Å². The Hall–Kier alpha value is -1.67. The first-order chi connectivity index (χ1) is 9.10. The summed E-state index contributed by atoms with van der Waals surface area (Å²) in [6.45, 7) is 2.45. The van der Waals surface area contributed by atoms with Crippen molar-refractivity contribution in [3.8, 4) is 0 Å². The average molecular weight is 300 g/mol. The number of rotatable bonds is 3. The molecule has 0 bridgehead atoms. The van der Waals surface area contributed by atoms with Crippen LogP contribution in [0, 0.1) is 10.1 Å². The Morgan fingerprint density at radius 2 is 2.10 bits per heavy atom. The van der Waals surface area contributed by atoms with Crippen molar-refractivity contribution in [3.63, 3.8) is 0 Å². The number of nitro groups is 1. The van der Waals surface area contributed by atoms with Crippen molar-refractivity contribution >= 4 is 21.2 Å². The number of hydrogen-bond acceptors (Lipinski definition) is 6. The van der Waals surface area contributed by atoms with Crippen LogP contribution in [0.15, 0.2) is 23.1 Å². The van der Waals surface area contributed by atoms with Crippen molar-refractivity contribution < 1.29 is 18.4 Å². The Morgan fingerprint density at radius 3 is 2.55 bits per heavy atom. The number of hydrogen-bond donors (Lipinski definition) is 1. The summed E-state index contributed by atoms with van der Waals surface area (Å²) in [4.78, 5) is 12.2. The maximum absolute atomic E-state index is 11.5. The van der Waals surface area contributed by atoms with Crippen molar-refractivity contribution in [1.29, 1.82) is 0 Å². The quantitative estimate of drug-likeness (QED) is 0.659. The van der Waals surface area contributed by atoms with Gasteiger partial charge in [0, 0.05) is 25.4 Å². The summed E-state index contributed by atoms with van der Waals surface area (Å²) in [6, 6.07) is 3.85. The van der Waals surface area contributed by atoms with Crippen LogP contribution in [0.25, 0.3) is 0 Å². The average Bonchev–Trinajstić information content (AvgIpc) is 2.67. The highest BCUT2D eigenvalue weighted by Gasteiger charge is 2.34. The second kappa shape index (κ2) is 4.71. The lowest BCUT2D eigenvalue weighted by Gasteiger charge is -2.20. The lowest BCUT2D eigenvalue weighted by Crippen LogP contribution is -2.29. The third-order valence-electron chi connectivity index (χ3n) is 3.36. The highest BCUT2D eigenvalue weighted by Crippen LogP contribution is 2.35. The van der Waals surface area contributed by atoms with E-state index in [4.69, 9.17) is 0 Å². The van der Waals surface area contributed by atoms with Gasteiger partial charge in [0.05, 0.1) is 15.4 Å². The molecule has 0 aromatic heterocycles. The highest BCUT2D eigenvalue weighted by molar-refractivity contribution is 7.90. The summed E-state index contributed by atoms with van der Waals surface area (Å²) in [5, 5.41) is 21.1. The number of nitro benzene ring substituents is 1. The van der Waals surface area contributed by atoms with Crippen LogP contribution in [0.2, 0.25) is 0 Å². The molecule has 1 atom stereocenters. The molecule has 0 aliphatic carbocycles. The van der Waals surface area contributed by atoms with E-state index in [-0.39, 0.29) is 17.1 Å². The van der Waals surface area contributed by atoms with Crippen LogP contribution in [-0.4, -0.2) is 43.4 Å². The second-order valence-corrected chi connectivity index (χ2v) is 7.36. The van der Waals surface area contributed by atoms with Crippen molar-refractivity contribution in [2.75, 3.05) is 24.2 Å². The minimum atomic E-state index is -3.49. The van der Waals surface area contributed by atoms with Crippen LogP contribution in [-0.2, 0) is 9.84 Å². The third-order valence-corrected chi connectivity index (χ3v) is 4.47. The zero-order chi connectivity index (χ0) is 15.1. The van der Waals surface area contributed by atoms with Gasteiger partial charge < -0.3 is 10.0 Å². The molecule has 1 heterocycles. The number of aliphatic hydroxyl groups is 1. The van der Waals surface area contributed by atoms with E-state index in [1.165, 1.54) is 12.1 Å². The number of β-amino-alcohol motifs (C(OH)–C–C–N with tert-alkyl or cyclic N) is 1. The Morgan fingerprint density at radius 1 is 1.45 bits per heavy atom. The molecule has 110 valence electrons. The Kier molecular flexibility index (Phi) is 3.47. The van der Waals surface area contributed by atoms with Crippen LogP contribution in [0.5, 0.6) is 0 Å². The first-order valence-corrected chi connectivity index (χ1v) is 7.95. The highest BCUT2D eigenvalue weighted by atomic mass is 32.2. The van der Waals surface area contributed by atoms with Crippen molar-refractivity contribution in [2.24, 2.45) is 0 Å². The maximum Gasteiger partial charge on any atom is 0.293 e. The predicted octanol–water partition coefficient (Wildman–Crippen LogP) is 0.959. The topological polar surface area (TPSA) is 101 Å². The monoisotopic (exact) mass is 300 g/mol. The fourth-order valence-corrected chi connectivity index (χ4v) is 2.94. The summed E-state index contributed by atoms with van der Waals surface area (Å²) in [6.07, 6.45) is 1.52. The Balaban J connectivity index is 2.47. The van der Waals surface area contributed by atoms with Gasteiger partial charge in [-0.15, -0.1) is 0 Å². The van der Waals surface area contributed by atoms with Crippen molar-refractivity contribution in [3.05, 3.63) is 28.3 Å². The second-order valence-electron chi connectivity index (χ2n) is 5.35. The van der Waals surface area contributed by atoms with Crippen molar-refractivity contribution in [1.82, 2.24) is 0 Å². The summed E-state index contributed by atoms with van der Waals surface area (Å²) in [7, 11) is -3.49. The van der Waals surface area contributed by atoms with Crippen LogP contribution >= 0.6 is 0 Å². The lowest BCUT2D eigenvalue weighted by molar-refractivity contribution is -0.384. The smallest absolute Gasteiger partial charge is 0.293 e. The summed E-state index contributed by atoms with van der Waals surface area (Å²) < 4.78 is 22.9. The van der Waals surface area contributed by atoms with E-state index in [1.54, 1.807) is 11.8 Å². The van der Waals surface area contributed by atoms with Gasteiger partial charge in [-0.25, -0.2) is 8.42 Å². The van der Waals surface area contributed by atoms with Gasteiger partial charge in [-0.2, -0.15) is 0 Å². The molecule has 1 N–H and O–H groups in total. The molecule has 0 spiro atoms. The summed E-state index contributed by atoms with van der Waals surface area (Å²) in [5.41, 5.74) is -0.811. The minimum absolute atomic E-state index is 0.0843. The molecule has 1 fully saturated rings. The summed E-state index contributed by atoms with van der Waals surface area (Å²) in [5.74, 6) is 0. The van der Waals surface area contributed by atoms with Gasteiger partial charge in [0.2, 0.25) is 0 Å². The molecule has 1 aliphatic heterocycles. The molecular formula is C12H16N2O5S. The van der Waals surface area contributed by atoms with E-state index < -0.39 is 20.4 Å². The fraction of sp³-hybridized carbons (Fsp3) is 0.500. The summed E-state index contributed by atoms with van der Waals surface area (Å²) >= 11 is 0. The van der Waals surface area contributed by atoms with Gasteiger partial charge in [0.25, 0.3) is 5.69 Å². The van der Waals surface area contributed by atoms with Crippen LogP contribution < -0.4 is 4.90 Å². The zero-order valence-corrected chi connectivity index (χ0v) is 12.1. The third kappa shape index (κ3) is 2.91. The molecule has 7 nitrogen and oxygen atoms in total. The molecule has 0 radical (unpaired) electrons. The van der Waals surface area contributed by atoms with E-state index in [0.29, 0.717) is 18.7 Å². The molecule has 1 aromatic carbocycles. The van der Waals surface area contributed by atoms with Crippen LogP contribution in [0.3, 0.4) is 0 Å². The molecule has 2 rings (SSSR count). The first-order valence-electron chi connectivity index (χ1n) is 6.06. The minimum Gasteiger partial charge on any atom is -0.388 e. The fourth-order valence-electron chi connectivity index (χ4n) is 2.30. The maximum atomic E-state index is 11.5. The molecule has 1 saturated heterocycles. The molecule has 1 aliphatic rings. The van der Waals surface area contributed by atoms with E-state index in [0.717, 1.165) is 12.3 Å². The molecular weight excluding hydrogens is 284 g/mol. The zero-order valence-electron chi connectivity index (χ0n) is 11.2. The Labute approximate surface area is 116 Å². The molecule has 0 saturated carbocycles. The number of nitrogens with zero attached hydrogens (tertiary/aromatic N) is 2. The SMILES string of the molecule is CC1(O)CCN(c2ccc(S(C)(=O)=O)cc2[N+](=O)[O-])C1. The number of anilines is 1. The largest absolute Gasteiger partial charge is 0.388 e. The molecule has 20 heavy (non-hydrogen) atoms. The molecule has 0 amide bonds. The predicted molar refractivity (Wildman–Crippen MR) is 73.7 cm³/mol. The lowest BCUT2D eigenvalue weighted by atomic mass is 10.1. The normalized spacial score (nSPS) is 23.1. The van der Waals surface area contributed by atoms with Gasteiger partial charge in [-0.3, -0.25) is 10.1 Å². The van der Waals surface area contributed by atoms with Gasteiger partial charge in [0.1, 0.15) is 5.69 Å². The molecule has 8 heteroatoms. The van der Waals surface area contributed by atoms with Crippen LogP contribution in [0.4, 0.5) is 11.4 Å².